The molecule has 2 aliphatic heterocycles. The van der Waals surface area contributed by atoms with Crippen molar-refractivity contribution < 1.29 is 9.53 Å². The Morgan fingerprint density at radius 1 is 1.25 bits per heavy atom. The van der Waals surface area contributed by atoms with E-state index in [-0.39, 0.29) is 18.2 Å². The fourth-order valence-corrected chi connectivity index (χ4v) is 3.47. The number of ketones is 1. The van der Waals surface area contributed by atoms with Crippen molar-refractivity contribution in [2.75, 3.05) is 52.4 Å². The van der Waals surface area contributed by atoms with E-state index in [1.807, 2.05) is 24.3 Å². The standard InChI is InChI=1S/C18H27N3O2.ClH/c1-15(22)17-4-2-3-5-18(17)23-13-12-20-8-10-21(11-9-20)16-6-7-19-14-16;/h2-5,16,19H,6-14H2,1H3;1H. The molecule has 2 fully saturated rings. The van der Waals surface area contributed by atoms with Gasteiger partial charge in [0.15, 0.2) is 5.78 Å². The third-order valence-electron chi connectivity index (χ3n) is 4.89. The van der Waals surface area contributed by atoms with Crippen LogP contribution in [0.3, 0.4) is 0 Å². The molecule has 0 aromatic heterocycles. The lowest BCUT2D eigenvalue weighted by Crippen LogP contribution is -2.51. The van der Waals surface area contributed by atoms with Crippen LogP contribution in [0, 0.1) is 0 Å². The van der Waals surface area contributed by atoms with Gasteiger partial charge in [0.2, 0.25) is 0 Å². The summed E-state index contributed by atoms with van der Waals surface area (Å²) in [5.41, 5.74) is 0.672. The largest absolute Gasteiger partial charge is 0.491 e. The van der Waals surface area contributed by atoms with Crippen molar-refractivity contribution in [1.82, 2.24) is 15.1 Å². The summed E-state index contributed by atoms with van der Waals surface area (Å²) in [5.74, 6) is 0.759. The van der Waals surface area contributed by atoms with Crippen LogP contribution in [0.25, 0.3) is 0 Å². The summed E-state index contributed by atoms with van der Waals surface area (Å²) >= 11 is 0. The van der Waals surface area contributed by atoms with Crippen molar-refractivity contribution in [1.29, 1.82) is 0 Å². The number of rotatable bonds is 6. The van der Waals surface area contributed by atoms with Gasteiger partial charge in [-0.1, -0.05) is 12.1 Å². The lowest BCUT2D eigenvalue weighted by atomic mass is 10.1. The molecule has 0 spiro atoms. The van der Waals surface area contributed by atoms with Crippen molar-refractivity contribution in [2.45, 2.75) is 19.4 Å². The Balaban J connectivity index is 0.00000208. The van der Waals surface area contributed by atoms with Crippen molar-refractivity contribution in [3.8, 4) is 5.75 Å². The minimum absolute atomic E-state index is 0. The Morgan fingerprint density at radius 2 is 2.00 bits per heavy atom. The number of Topliss-reactive ketones (excluding diaryl/α,β-unsaturated/α-hetero) is 1. The van der Waals surface area contributed by atoms with Crippen LogP contribution in [0.4, 0.5) is 0 Å². The first-order valence-corrected chi connectivity index (χ1v) is 8.64. The first kappa shape index (κ1) is 19.2. The monoisotopic (exact) mass is 353 g/mol. The molecule has 0 amide bonds. The number of halogens is 1. The van der Waals surface area contributed by atoms with Crippen LogP contribution in [0.5, 0.6) is 5.75 Å². The van der Waals surface area contributed by atoms with Crippen LogP contribution < -0.4 is 10.1 Å². The predicted octanol–water partition coefficient (Wildman–Crippen LogP) is 1.67. The van der Waals surface area contributed by atoms with Crippen LogP contribution in [0.1, 0.15) is 23.7 Å². The van der Waals surface area contributed by atoms with Gasteiger partial charge in [0.05, 0.1) is 5.56 Å². The smallest absolute Gasteiger partial charge is 0.163 e. The highest BCUT2D eigenvalue weighted by Gasteiger charge is 2.25. The first-order valence-electron chi connectivity index (χ1n) is 8.64. The SMILES string of the molecule is CC(=O)c1ccccc1OCCN1CCN(C2CCNC2)CC1.Cl. The van der Waals surface area contributed by atoms with Gasteiger partial charge in [-0.3, -0.25) is 14.6 Å². The topological polar surface area (TPSA) is 44.8 Å². The van der Waals surface area contributed by atoms with Crippen LogP contribution in [-0.4, -0.2) is 74.0 Å². The Bertz CT molecular complexity index is 527. The second-order valence-corrected chi connectivity index (χ2v) is 6.43. The van der Waals surface area contributed by atoms with Gasteiger partial charge in [0.25, 0.3) is 0 Å². The van der Waals surface area contributed by atoms with Crippen LogP contribution >= 0.6 is 12.4 Å². The molecule has 0 saturated carbocycles. The van der Waals surface area contributed by atoms with Gasteiger partial charge in [-0.15, -0.1) is 12.4 Å². The highest BCUT2D eigenvalue weighted by atomic mass is 35.5. The number of hydrogen-bond acceptors (Lipinski definition) is 5. The first-order chi connectivity index (χ1) is 11.2. The number of piperazine rings is 1. The minimum atomic E-state index is 0. The summed E-state index contributed by atoms with van der Waals surface area (Å²) in [5, 5.41) is 3.44. The molecule has 1 aromatic rings. The summed E-state index contributed by atoms with van der Waals surface area (Å²) in [6.07, 6.45) is 1.28. The van der Waals surface area contributed by atoms with E-state index in [0.29, 0.717) is 17.9 Å². The fraction of sp³-hybridized carbons (Fsp3) is 0.611. The Morgan fingerprint density at radius 3 is 2.67 bits per heavy atom. The van der Waals surface area contributed by atoms with Gasteiger partial charge < -0.3 is 10.1 Å². The van der Waals surface area contributed by atoms with Crippen molar-refractivity contribution in [2.24, 2.45) is 0 Å². The summed E-state index contributed by atoms with van der Waals surface area (Å²) < 4.78 is 5.84. The molecule has 1 atom stereocenters. The average molecular weight is 354 g/mol. The maximum atomic E-state index is 11.6. The third-order valence-corrected chi connectivity index (χ3v) is 4.89. The summed E-state index contributed by atoms with van der Waals surface area (Å²) in [6, 6.07) is 8.22. The molecular weight excluding hydrogens is 326 g/mol. The third kappa shape index (κ3) is 4.93. The van der Waals surface area contributed by atoms with Crippen molar-refractivity contribution in [3.63, 3.8) is 0 Å². The number of benzene rings is 1. The molecule has 0 radical (unpaired) electrons. The molecule has 1 unspecified atom stereocenters. The Labute approximate surface area is 150 Å². The van der Waals surface area contributed by atoms with E-state index in [0.717, 1.165) is 51.9 Å². The number of para-hydroxylation sites is 1. The van der Waals surface area contributed by atoms with Crippen molar-refractivity contribution in [3.05, 3.63) is 29.8 Å². The number of nitrogens with zero attached hydrogens (tertiary/aromatic N) is 2. The molecule has 3 rings (SSSR count). The normalized spacial score (nSPS) is 22.1. The van der Waals surface area contributed by atoms with E-state index in [9.17, 15) is 4.79 Å². The highest BCUT2D eigenvalue weighted by Crippen LogP contribution is 2.18. The zero-order chi connectivity index (χ0) is 16.1. The van der Waals surface area contributed by atoms with E-state index < -0.39 is 0 Å². The number of carbonyl (C=O) groups is 1. The van der Waals surface area contributed by atoms with Gasteiger partial charge in [0.1, 0.15) is 12.4 Å². The fourth-order valence-electron chi connectivity index (χ4n) is 3.47. The number of nitrogens with one attached hydrogen (secondary N) is 1. The van der Waals surface area contributed by atoms with E-state index in [1.165, 1.54) is 6.42 Å². The Hall–Kier alpha value is -1.14. The van der Waals surface area contributed by atoms with E-state index in [2.05, 4.69) is 15.1 Å². The van der Waals surface area contributed by atoms with Gasteiger partial charge in [0, 0.05) is 45.3 Å². The molecule has 1 aromatic carbocycles. The average Bonchev–Trinajstić information content (AvgIpc) is 3.10. The lowest BCUT2D eigenvalue weighted by molar-refractivity contribution is 0.0914. The van der Waals surface area contributed by atoms with E-state index in [4.69, 9.17) is 4.74 Å². The summed E-state index contributed by atoms with van der Waals surface area (Å²) in [7, 11) is 0. The van der Waals surface area contributed by atoms with Gasteiger partial charge >= 0.3 is 0 Å². The molecule has 2 heterocycles. The lowest BCUT2D eigenvalue weighted by Gasteiger charge is -2.37. The minimum Gasteiger partial charge on any atom is -0.491 e. The van der Waals surface area contributed by atoms with Gasteiger partial charge in [-0.2, -0.15) is 0 Å². The second kappa shape index (κ2) is 9.37. The molecule has 134 valence electrons. The van der Waals surface area contributed by atoms with Crippen molar-refractivity contribution >= 4 is 18.2 Å². The summed E-state index contributed by atoms with van der Waals surface area (Å²) in [6.45, 7) is 9.95. The molecule has 0 aliphatic carbocycles. The molecule has 5 nitrogen and oxygen atoms in total. The molecule has 2 aliphatic rings. The zero-order valence-corrected chi connectivity index (χ0v) is 15.2. The maximum absolute atomic E-state index is 11.6. The maximum Gasteiger partial charge on any atom is 0.163 e. The second-order valence-electron chi connectivity index (χ2n) is 6.43. The number of carbonyl (C=O) groups excluding carboxylic acids is 1. The van der Waals surface area contributed by atoms with E-state index in [1.54, 1.807) is 6.92 Å². The molecule has 0 bridgehead atoms. The number of ether oxygens (including phenoxy) is 1. The Kier molecular flexibility index (Phi) is 7.49. The zero-order valence-electron chi connectivity index (χ0n) is 14.4. The van der Waals surface area contributed by atoms with Gasteiger partial charge in [-0.25, -0.2) is 0 Å². The quantitative estimate of drug-likeness (QED) is 0.788. The van der Waals surface area contributed by atoms with Gasteiger partial charge in [-0.05, 0) is 32.0 Å². The van der Waals surface area contributed by atoms with Crippen LogP contribution in [0.2, 0.25) is 0 Å². The van der Waals surface area contributed by atoms with Crippen LogP contribution in [0.15, 0.2) is 24.3 Å². The molecule has 24 heavy (non-hydrogen) atoms. The molecule has 2 saturated heterocycles. The molecular formula is C18H28ClN3O2. The van der Waals surface area contributed by atoms with E-state index >= 15 is 0 Å². The highest BCUT2D eigenvalue weighted by molar-refractivity contribution is 5.96. The predicted molar refractivity (Wildman–Crippen MR) is 98.5 cm³/mol. The number of hydrogen-bond donors (Lipinski definition) is 1. The molecule has 1 N–H and O–H groups in total. The summed E-state index contributed by atoms with van der Waals surface area (Å²) in [4.78, 5) is 16.7. The van der Waals surface area contributed by atoms with Crippen LogP contribution in [-0.2, 0) is 0 Å². The molecule has 6 heteroatoms.